The third-order valence-electron chi connectivity index (χ3n) is 3.96. The number of hydrogen-bond acceptors (Lipinski definition) is 7. The maximum atomic E-state index is 12.2. The maximum absolute atomic E-state index is 12.2. The smallest absolute Gasteiger partial charge is 0.296 e. The fraction of sp³-hybridized carbons (Fsp3) is 0.111. The van der Waals surface area contributed by atoms with E-state index in [0.29, 0.717) is 5.02 Å². The minimum absolute atomic E-state index is 0.0297. The molecule has 12 heteroatoms. The summed E-state index contributed by atoms with van der Waals surface area (Å²) in [5, 5.41) is 12.0. The molecule has 0 bridgehead atoms. The summed E-state index contributed by atoms with van der Waals surface area (Å²) >= 11 is 11.9. The number of nitrogens with one attached hydrogen (secondary N) is 1. The molecule has 2 amide bonds. The Morgan fingerprint density at radius 3 is 2.47 bits per heavy atom. The number of hydrogen-bond donors (Lipinski definition) is 3. The third-order valence-corrected chi connectivity index (χ3v) is 5.38. The SMILES string of the molecule is O=C1C=C(Nc2ccc(Oc3ccc(Cl)cc3Cl)cc2S(=O)(=O)O)C(=O)N1CCO. The van der Waals surface area contributed by atoms with Gasteiger partial charge in [-0.15, -0.1) is 0 Å². The number of carbonyl (C=O) groups excluding carboxylic acids is 2. The quantitative estimate of drug-likeness (QED) is 0.413. The number of aliphatic hydroxyl groups is 1. The number of amides is 2. The first kappa shape index (κ1) is 22.1. The number of β-amino-alcohol motifs (C(OH)–C–C–N with tert-alkyl or cyclic N) is 1. The van der Waals surface area contributed by atoms with Crippen molar-refractivity contribution < 1.29 is 32.4 Å². The largest absolute Gasteiger partial charge is 0.456 e. The van der Waals surface area contributed by atoms with Crippen molar-refractivity contribution in [3.8, 4) is 11.5 Å². The van der Waals surface area contributed by atoms with Crippen LogP contribution in [-0.2, 0) is 19.7 Å². The van der Waals surface area contributed by atoms with Crippen LogP contribution in [0.5, 0.6) is 11.5 Å². The zero-order valence-electron chi connectivity index (χ0n) is 15.0. The Bertz CT molecular complexity index is 1170. The first-order valence-corrected chi connectivity index (χ1v) is 10.5. The first-order valence-electron chi connectivity index (χ1n) is 8.30. The van der Waals surface area contributed by atoms with Crippen LogP contribution in [0, 0.1) is 0 Å². The van der Waals surface area contributed by atoms with Gasteiger partial charge in [0.05, 0.1) is 23.9 Å². The number of imide groups is 1. The highest BCUT2D eigenvalue weighted by atomic mass is 35.5. The van der Waals surface area contributed by atoms with Crippen LogP contribution < -0.4 is 10.1 Å². The van der Waals surface area contributed by atoms with Gasteiger partial charge in [0.2, 0.25) is 0 Å². The van der Waals surface area contributed by atoms with E-state index in [1.54, 1.807) is 0 Å². The highest BCUT2D eigenvalue weighted by Crippen LogP contribution is 2.34. The van der Waals surface area contributed by atoms with Gasteiger partial charge < -0.3 is 15.2 Å². The Labute approximate surface area is 181 Å². The molecule has 1 heterocycles. The Kier molecular flexibility index (Phi) is 6.34. The van der Waals surface area contributed by atoms with E-state index in [4.69, 9.17) is 33.0 Å². The molecular weight excluding hydrogens is 459 g/mol. The van der Waals surface area contributed by atoms with Crippen molar-refractivity contribution in [1.82, 2.24) is 4.90 Å². The van der Waals surface area contributed by atoms with Gasteiger partial charge in [0.15, 0.2) is 0 Å². The summed E-state index contributed by atoms with van der Waals surface area (Å²) in [6.45, 7) is -0.632. The van der Waals surface area contributed by atoms with Gasteiger partial charge in [-0.3, -0.25) is 19.0 Å². The highest BCUT2D eigenvalue weighted by Gasteiger charge is 2.31. The van der Waals surface area contributed by atoms with E-state index in [1.165, 1.54) is 30.3 Å². The zero-order valence-corrected chi connectivity index (χ0v) is 17.3. The van der Waals surface area contributed by atoms with Crippen molar-refractivity contribution >= 4 is 50.8 Å². The number of halogens is 2. The second-order valence-electron chi connectivity index (χ2n) is 6.01. The Morgan fingerprint density at radius 1 is 1.10 bits per heavy atom. The molecular formula is C18H14Cl2N2O7S. The van der Waals surface area contributed by atoms with Crippen molar-refractivity contribution in [2.45, 2.75) is 4.90 Å². The highest BCUT2D eigenvalue weighted by molar-refractivity contribution is 7.86. The normalized spacial score (nSPS) is 14.1. The second-order valence-corrected chi connectivity index (χ2v) is 8.25. The van der Waals surface area contributed by atoms with E-state index in [9.17, 15) is 22.6 Å². The molecule has 0 atom stereocenters. The van der Waals surface area contributed by atoms with Crippen LogP contribution in [0.3, 0.4) is 0 Å². The number of benzene rings is 2. The van der Waals surface area contributed by atoms with Gasteiger partial charge in [0.1, 0.15) is 22.1 Å². The minimum Gasteiger partial charge on any atom is -0.456 e. The van der Waals surface area contributed by atoms with Crippen LogP contribution in [0.1, 0.15) is 0 Å². The van der Waals surface area contributed by atoms with E-state index >= 15 is 0 Å². The first-order chi connectivity index (χ1) is 14.1. The molecule has 0 aliphatic carbocycles. The van der Waals surface area contributed by atoms with E-state index in [-0.39, 0.29) is 34.5 Å². The van der Waals surface area contributed by atoms with Gasteiger partial charge in [-0.2, -0.15) is 8.42 Å². The van der Waals surface area contributed by atoms with Gasteiger partial charge >= 0.3 is 0 Å². The van der Waals surface area contributed by atoms with Crippen molar-refractivity contribution in [2.75, 3.05) is 18.5 Å². The van der Waals surface area contributed by atoms with E-state index in [0.717, 1.165) is 17.0 Å². The van der Waals surface area contributed by atoms with E-state index in [2.05, 4.69) is 5.32 Å². The van der Waals surface area contributed by atoms with Crippen LogP contribution in [0.2, 0.25) is 10.0 Å². The molecule has 2 aromatic carbocycles. The molecule has 0 aromatic heterocycles. The summed E-state index contributed by atoms with van der Waals surface area (Å²) in [5.41, 5.74) is -0.377. The topological polar surface area (TPSA) is 133 Å². The van der Waals surface area contributed by atoms with E-state index in [1.807, 2.05) is 0 Å². The van der Waals surface area contributed by atoms with Gasteiger partial charge in [-0.05, 0) is 30.3 Å². The van der Waals surface area contributed by atoms with Crippen LogP contribution in [0.15, 0.2) is 53.1 Å². The number of anilines is 1. The molecule has 30 heavy (non-hydrogen) atoms. The summed E-state index contributed by atoms with van der Waals surface area (Å²) < 4.78 is 38.9. The number of nitrogens with zero attached hydrogens (tertiary/aromatic N) is 1. The summed E-state index contributed by atoms with van der Waals surface area (Å²) in [7, 11) is -4.74. The molecule has 0 radical (unpaired) electrons. The van der Waals surface area contributed by atoms with Crippen LogP contribution >= 0.6 is 23.2 Å². The van der Waals surface area contributed by atoms with Gasteiger partial charge in [-0.1, -0.05) is 23.2 Å². The summed E-state index contributed by atoms with van der Waals surface area (Å²) in [6, 6.07) is 8.08. The molecule has 158 valence electrons. The fourth-order valence-electron chi connectivity index (χ4n) is 2.62. The zero-order chi connectivity index (χ0) is 22.1. The lowest BCUT2D eigenvalue weighted by Crippen LogP contribution is -2.34. The Morgan fingerprint density at radius 2 is 1.83 bits per heavy atom. The predicted octanol–water partition coefficient (Wildman–Crippen LogP) is 2.69. The number of carbonyl (C=O) groups is 2. The molecule has 3 N–H and O–H groups in total. The third kappa shape index (κ3) is 4.74. The lowest BCUT2D eigenvalue weighted by atomic mass is 10.2. The molecule has 2 aromatic rings. The second kappa shape index (κ2) is 8.62. The van der Waals surface area contributed by atoms with Crippen molar-refractivity contribution in [2.24, 2.45) is 0 Å². The minimum atomic E-state index is -4.74. The molecule has 0 saturated heterocycles. The lowest BCUT2D eigenvalue weighted by molar-refractivity contribution is -0.137. The van der Waals surface area contributed by atoms with Crippen molar-refractivity contribution in [3.05, 3.63) is 58.2 Å². The standard InChI is InChI=1S/C18H14Cl2N2O7S/c19-10-1-4-15(12(20)7-10)29-11-2-3-13(16(8-11)30(26,27)28)21-14-9-17(24)22(5-6-23)18(14)25/h1-4,7-9,21,23H,5-6H2,(H,26,27,28). The van der Waals surface area contributed by atoms with Gasteiger partial charge in [0.25, 0.3) is 21.9 Å². The Balaban J connectivity index is 1.92. The molecule has 0 saturated carbocycles. The predicted molar refractivity (Wildman–Crippen MR) is 108 cm³/mol. The Hall–Kier alpha value is -2.63. The molecule has 9 nitrogen and oxygen atoms in total. The fourth-order valence-corrected chi connectivity index (χ4v) is 3.73. The molecule has 0 unspecified atom stereocenters. The van der Waals surface area contributed by atoms with Crippen LogP contribution in [0.25, 0.3) is 0 Å². The maximum Gasteiger partial charge on any atom is 0.296 e. The van der Waals surface area contributed by atoms with Crippen molar-refractivity contribution in [1.29, 1.82) is 0 Å². The van der Waals surface area contributed by atoms with E-state index < -0.39 is 33.4 Å². The summed E-state index contributed by atoms with van der Waals surface area (Å²) in [5.74, 6) is -1.19. The van der Waals surface area contributed by atoms with Gasteiger partial charge in [0, 0.05) is 17.2 Å². The average molecular weight is 473 g/mol. The lowest BCUT2D eigenvalue weighted by Gasteiger charge is -2.15. The van der Waals surface area contributed by atoms with Crippen LogP contribution in [0.4, 0.5) is 5.69 Å². The van der Waals surface area contributed by atoms with Crippen molar-refractivity contribution in [3.63, 3.8) is 0 Å². The number of rotatable bonds is 7. The summed E-state index contributed by atoms with van der Waals surface area (Å²) in [6.07, 6.45) is 0.962. The molecule has 1 aliphatic heterocycles. The van der Waals surface area contributed by atoms with Crippen LogP contribution in [-0.4, -0.2) is 47.9 Å². The summed E-state index contributed by atoms with van der Waals surface area (Å²) in [4.78, 5) is 24.3. The monoisotopic (exact) mass is 472 g/mol. The molecule has 3 rings (SSSR count). The van der Waals surface area contributed by atoms with Gasteiger partial charge in [-0.25, -0.2) is 0 Å². The number of ether oxygens (including phenoxy) is 1. The average Bonchev–Trinajstić information content (AvgIpc) is 2.92. The molecule has 0 fully saturated rings. The molecule has 1 aliphatic rings. The number of aliphatic hydroxyl groups excluding tert-OH is 1. The molecule has 0 spiro atoms.